The molecular formula is C17H18F3N3O2. The van der Waals surface area contributed by atoms with E-state index in [0.717, 1.165) is 25.7 Å². The molecule has 1 aromatic heterocycles. The highest BCUT2D eigenvalue weighted by atomic mass is 19.4. The van der Waals surface area contributed by atoms with Gasteiger partial charge in [0.15, 0.2) is 0 Å². The average Bonchev–Trinajstić information content (AvgIpc) is 3.12. The second kappa shape index (κ2) is 6.85. The van der Waals surface area contributed by atoms with Crippen LogP contribution in [0.3, 0.4) is 0 Å². The predicted molar refractivity (Wildman–Crippen MR) is 83.7 cm³/mol. The number of amides is 1. The Hall–Kier alpha value is -2.38. The Labute approximate surface area is 142 Å². The van der Waals surface area contributed by atoms with Crippen molar-refractivity contribution in [1.82, 2.24) is 15.0 Å². The maximum atomic E-state index is 12.6. The summed E-state index contributed by atoms with van der Waals surface area (Å²) in [4.78, 5) is 17.6. The lowest BCUT2D eigenvalue weighted by Gasteiger charge is -2.31. The van der Waals surface area contributed by atoms with Crippen molar-refractivity contribution in [2.75, 3.05) is 7.05 Å². The number of carbonyl (C=O) groups excluding carboxylic acids is 1. The monoisotopic (exact) mass is 353 g/mol. The van der Waals surface area contributed by atoms with Gasteiger partial charge in [0.1, 0.15) is 0 Å². The molecule has 2 aromatic rings. The van der Waals surface area contributed by atoms with E-state index in [2.05, 4.69) is 14.7 Å². The van der Waals surface area contributed by atoms with Crippen LogP contribution in [0.1, 0.15) is 48.4 Å². The number of aromatic nitrogens is 2. The Morgan fingerprint density at radius 2 is 1.80 bits per heavy atom. The molecule has 8 heteroatoms. The van der Waals surface area contributed by atoms with Crippen molar-refractivity contribution in [2.45, 2.75) is 44.3 Å². The third-order valence-electron chi connectivity index (χ3n) is 4.50. The van der Waals surface area contributed by atoms with E-state index >= 15 is 0 Å². The first-order chi connectivity index (χ1) is 11.9. The fourth-order valence-electron chi connectivity index (χ4n) is 3.06. The number of carbonyl (C=O) groups is 1. The van der Waals surface area contributed by atoms with Gasteiger partial charge in [-0.2, -0.15) is 18.2 Å². The number of hydrogen-bond acceptors (Lipinski definition) is 4. The molecule has 0 atom stereocenters. The quantitative estimate of drug-likeness (QED) is 0.831. The van der Waals surface area contributed by atoms with Gasteiger partial charge in [0.25, 0.3) is 5.91 Å². The summed E-state index contributed by atoms with van der Waals surface area (Å²) < 4.78 is 41.7. The summed E-state index contributed by atoms with van der Waals surface area (Å²) in [6.45, 7) is 0. The maximum absolute atomic E-state index is 12.6. The van der Waals surface area contributed by atoms with E-state index in [1.54, 1.807) is 24.1 Å². The lowest BCUT2D eigenvalue weighted by atomic mass is 9.94. The van der Waals surface area contributed by atoms with Crippen molar-refractivity contribution >= 4 is 5.91 Å². The van der Waals surface area contributed by atoms with E-state index in [-0.39, 0.29) is 17.8 Å². The van der Waals surface area contributed by atoms with Crippen LogP contribution in [0.2, 0.25) is 0 Å². The Morgan fingerprint density at radius 1 is 1.16 bits per heavy atom. The van der Waals surface area contributed by atoms with Crippen LogP contribution in [-0.2, 0) is 6.18 Å². The van der Waals surface area contributed by atoms with Crippen LogP contribution >= 0.6 is 0 Å². The lowest BCUT2D eigenvalue weighted by Crippen LogP contribution is -2.38. The molecule has 0 spiro atoms. The molecule has 0 saturated heterocycles. The van der Waals surface area contributed by atoms with Crippen LogP contribution in [0.5, 0.6) is 0 Å². The highest BCUT2D eigenvalue weighted by Crippen LogP contribution is 2.29. The molecule has 0 aliphatic heterocycles. The van der Waals surface area contributed by atoms with E-state index < -0.39 is 12.1 Å². The van der Waals surface area contributed by atoms with Crippen molar-refractivity contribution in [3.8, 4) is 11.4 Å². The molecule has 1 aromatic carbocycles. The van der Waals surface area contributed by atoms with E-state index in [9.17, 15) is 18.0 Å². The molecule has 0 unspecified atom stereocenters. The van der Waals surface area contributed by atoms with Gasteiger partial charge in [-0.15, -0.1) is 0 Å². The van der Waals surface area contributed by atoms with Crippen LogP contribution in [0.25, 0.3) is 11.4 Å². The number of hydrogen-bond donors (Lipinski definition) is 0. The van der Waals surface area contributed by atoms with Gasteiger partial charge < -0.3 is 9.42 Å². The molecule has 1 fully saturated rings. The standard InChI is InChI=1S/C17H18F3N3O2/c1-23(13-5-3-2-4-6-13)15(24)12-9-7-11(8-10-12)14-21-16(25-22-14)17(18,19)20/h7-10,13H,2-6H2,1H3. The van der Waals surface area contributed by atoms with Gasteiger partial charge in [-0.1, -0.05) is 36.6 Å². The molecule has 25 heavy (non-hydrogen) atoms. The maximum Gasteiger partial charge on any atom is 0.471 e. The zero-order valence-electron chi connectivity index (χ0n) is 13.7. The fraction of sp³-hybridized carbons (Fsp3) is 0.471. The van der Waals surface area contributed by atoms with Crippen LogP contribution < -0.4 is 0 Å². The van der Waals surface area contributed by atoms with Crippen LogP contribution in [-0.4, -0.2) is 34.0 Å². The SMILES string of the molecule is CN(C(=O)c1ccc(-c2noc(C(F)(F)F)n2)cc1)C1CCCCC1. The molecule has 3 rings (SSSR count). The zero-order valence-corrected chi connectivity index (χ0v) is 13.7. The van der Waals surface area contributed by atoms with Crippen LogP contribution in [0.15, 0.2) is 28.8 Å². The Morgan fingerprint density at radius 3 is 2.36 bits per heavy atom. The van der Waals surface area contributed by atoms with E-state index in [4.69, 9.17) is 0 Å². The number of benzene rings is 1. The number of halogens is 3. The smallest absolute Gasteiger partial charge is 0.339 e. The molecule has 1 aliphatic carbocycles. The molecule has 134 valence electrons. The second-order valence-corrected chi connectivity index (χ2v) is 6.21. The molecule has 0 N–H and O–H groups in total. The Kier molecular flexibility index (Phi) is 4.78. The second-order valence-electron chi connectivity index (χ2n) is 6.21. The molecule has 0 radical (unpaired) electrons. The molecular weight excluding hydrogens is 335 g/mol. The highest BCUT2D eigenvalue weighted by Gasteiger charge is 2.38. The summed E-state index contributed by atoms with van der Waals surface area (Å²) >= 11 is 0. The molecule has 1 heterocycles. The Balaban J connectivity index is 1.73. The third-order valence-corrected chi connectivity index (χ3v) is 4.50. The van der Waals surface area contributed by atoms with Gasteiger partial charge in [-0.05, 0) is 25.0 Å². The van der Waals surface area contributed by atoms with Gasteiger partial charge in [0.05, 0.1) is 0 Å². The van der Waals surface area contributed by atoms with Gasteiger partial charge in [0, 0.05) is 24.2 Å². The van der Waals surface area contributed by atoms with Gasteiger partial charge in [-0.25, -0.2) is 0 Å². The first kappa shape index (κ1) is 17.4. The van der Waals surface area contributed by atoms with Gasteiger partial charge >= 0.3 is 12.1 Å². The zero-order chi connectivity index (χ0) is 18.0. The minimum atomic E-state index is -4.68. The highest BCUT2D eigenvalue weighted by molar-refractivity contribution is 5.94. The molecule has 1 aliphatic rings. The number of nitrogens with zero attached hydrogens (tertiary/aromatic N) is 3. The topological polar surface area (TPSA) is 59.2 Å². The number of rotatable bonds is 3. The van der Waals surface area contributed by atoms with Crippen molar-refractivity contribution in [1.29, 1.82) is 0 Å². The van der Waals surface area contributed by atoms with Crippen LogP contribution in [0, 0.1) is 0 Å². The summed E-state index contributed by atoms with van der Waals surface area (Å²) in [6.07, 6.45) is 0.787. The van der Waals surface area contributed by atoms with E-state index in [1.165, 1.54) is 18.6 Å². The molecule has 5 nitrogen and oxygen atoms in total. The molecule has 1 saturated carbocycles. The largest absolute Gasteiger partial charge is 0.471 e. The van der Waals surface area contributed by atoms with Crippen molar-refractivity contribution in [2.24, 2.45) is 0 Å². The minimum absolute atomic E-state index is 0.0949. The summed E-state index contributed by atoms with van der Waals surface area (Å²) in [6, 6.07) is 6.42. The summed E-state index contributed by atoms with van der Waals surface area (Å²) in [5.74, 6) is -1.64. The summed E-state index contributed by atoms with van der Waals surface area (Å²) in [7, 11) is 1.79. The van der Waals surface area contributed by atoms with Crippen molar-refractivity contribution in [3.05, 3.63) is 35.7 Å². The number of alkyl halides is 3. The third kappa shape index (κ3) is 3.83. The first-order valence-corrected chi connectivity index (χ1v) is 8.15. The van der Waals surface area contributed by atoms with E-state index in [0.29, 0.717) is 11.1 Å². The Bertz CT molecular complexity index is 734. The molecule has 1 amide bonds. The molecule has 0 bridgehead atoms. The normalized spacial score (nSPS) is 16.0. The summed E-state index contributed by atoms with van der Waals surface area (Å²) in [5, 5.41) is 3.33. The minimum Gasteiger partial charge on any atom is -0.339 e. The average molecular weight is 353 g/mol. The van der Waals surface area contributed by atoms with Crippen molar-refractivity contribution < 1.29 is 22.5 Å². The van der Waals surface area contributed by atoms with E-state index in [1.807, 2.05) is 0 Å². The summed E-state index contributed by atoms with van der Waals surface area (Å²) in [5.41, 5.74) is 0.840. The lowest BCUT2D eigenvalue weighted by molar-refractivity contribution is -0.159. The fourth-order valence-corrected chi connectivity index (χ4v) is 3.06. The predicted octanol–water partition coefficient (Wildman–Crippen LogP) is 4.16. The van der Waals surface area contributed by atoms with Gasteiger partial charge in [0.2, 0.25) is 5.82 Å². The first-order valence-electron chi connectivity index (χ1n) is 8.15. The van der Waals surface area contributed by atoms with Crippen LogP contribution in [0.4, 0.5) is 13.2 Å². The van der Waals surface area contributed by atoms with Gasteiger partial charge in [-0.3, -0.25) is 4.79 Å². The van der Waals surface area contributed by atoms with Crippen molar-refractivity contribution in [3.63, 3.8) is 0 Å².